The van der Waals surface area contributed by atoms with Crippen LogP contribution < -0.4 is 0 Å². The Hall–Kier alpha value is -1.84. The molecule has 0 bridgehead atoms. The Morgan fingerprint density at radius 3 is 1.81 bits per heavy atom. The fourth-order valence-corrected chi connectivity index (χ4v) is 1.06. The van der Waals surface area contributed by atoms with Crippen molar-refractivity contribution in [3.63, 3.8) is 0 Å². The van der Waals surface area contributed by atoms with Gasteiger partial charge in [-0.15, -0.1) is 0 Å². The summed E-state index contributed by atoms with van der Waals surface area (Å²) in [6, 6.07) is 5.70. The molecule has 1 aromatic heterocycles. The minimum atomic E-state index is -0.490. The molecule has 0 spiro atoms. The molecule has 0 amide bonds. The maximum absolute atomic E-state index is 12.6. The Labute approximate surface area is 93.0 Å². The molecule has 1 aromatic carbocycles. The summed E-state index contributed by atoms with van der Waals surface area (Å²) >= 11 is 0. The number of hydrogen-bond donors (Lipinski definition) is 0. The van der Waals surface area contributed by atoms with Gasteiger partial charge in [-0.1, -0.05) is 13.8 Å². The summed E-state index contributed by atoms with van der Waals surface area (Å²) in [6.07, 6.45) is 2.15. The highest BCUT2D eigenvalue weighted by Gasteiger charge is 2.00. The molecule has 2 aromatic rings. The molecule has 0 aliphatic carbocycles. The molecule has 0 N–H and O–H groups in total. The van der Waals surface area contributed by atoms with Crippen molar-refractivity contribution in [3.05, 3.63) is 48.3 Å². The first-order valence-corrected chi connectivity index (χ1v) is 4.99. The van der Waals surface area contributed by atoms with Crippen LogP contribution in [0.5, 0.6) is 0 Å². The van der Waals surface area contributed by atoms with Gasteiger partial charge in [0.25, 0.3) is 0 Å². The van der Waals surface area contributed by atoms with Crippen LogP contribution in [0.15, 0.2) is 36.7 Å². The highest BCUT2D eigenvalue weighted by molar-refractivity contribution is 5.53. The minimum absolute atomic E-state index is 0.323. The zero-order valence-corrected chi connectivity index (χ0v) is 9.11. The number of nitrogens with zero attached hydrogens (tertiary/aromatic N) is 2. The molecule has 0 fully saturated rings. The van der Waals surface area contributed by atoms with E-state index in [1.54, 1.807) is 12.1 Å². The van der Waals surface area contributed by atoms with Crippen LogP contribution in [0.2, 0.25) is 0 Å². The topological polar surface area (TPSA) is 25.8 Å². The molecule has 0 saturated heterocycles. The highest BCUT2D eigenvalue weighted by Crippen LogP contribution is 2.14. The van der Waals surface area contributed by atoms with Crippen molar-refractivity contribution in [2.75, 3.05) is 0 Å². The number of hydrogen-bond acceptors (Lipinski definition) is 2. The predicted molar refractivity (Wildman–Crippen MR) is 58.7 cm³/mol. The van der Waals surface area contributed by atoms with Crippen molar-refractivity contribution in [3.8, 4) is 11.4 Å². The van der Waals surface area contributed by atoms with Gasteiger partial charge in [0.1, 0.15) is 5.82 Å². The summed E-state index contributed by atoms with van der Waals surface area (Å²) in [5, 5.41) is 0. The number of rotatable bonds is 1. The molecule has 84 valence electrons. The summed E-state index contributed by atoms with van der Waals surface area (Å²) in [5.41, 5.74) is 0.659. The third kappa shape index (κ3) is 3.08. The normalized spacial score (nSPS) is 9.25. The maximum atomic E-state index is 12.6. The molecule has 0 aliphatic heterocycles. The SMILES string of the molecule is CC.Fc1ccc(-c2ncc(F)cn2)cc1. The Balaban J connectivity index is 0.000000606. The molecule has 1 heterocycles. The largest absolute Gasteiger partial charge is 0.233 e. The fourth-order valence-electron chi connectivity index (χ4n) is 1.06. The van der Waals surface area contributed by atoms with E-state index in [1.807, 2.05) is 13.8 Å². The molecule has 16 heavy (non-hydrogen) atoms. The van der Waals surface area contributed by atoms with Crippen LogP contribution in [0.1, 0.15) is 13.8 Å². The number of aromatic nitrogens is 2. The van der Waals surface area contributed by atoms with Crippen LogP contribution in [0.3, 0.4) is 0 Å². The lowest BCUT2D eigenvalue weighted by Crippen LogP contribution is -1.89. The standard InChI is InChI=1S/C10H6F2N2.C2H6/c11-8-3-1-7(2-4-8)10-13-5-9(12)6-14-10;1-2/h1-6H;1-2H3. The monoisotopic (exact) mass is 222 g/mol. The summed E-state index contributed by atoms with van der Waals surface area (Å²) in [5.74, 6) is -0.432. The van der Waals surface area contributed by atoms with E-state index in [-0.39, 0.29) is 5.82 Å². The van der Waals surface area contributed by atoms with Crippen molar-refractivity contribution in [2.24, 2.45) is 0 Å². The lowest BCUT2D eigenvalue weighted by atomic mass is 10.2. The Kier molecular flexibility index (Phi) is 4.51. The average Bonchev–Trinajstić information content (AvgIpc) is 2.34. The van der Waals surface area contributed by atoms with Gasteiger partial charge in [-0.2, -0.15) is 0 Å². The molecule has 0 unspecified atom stereocenters. The third-order valence-electron chi connectivity index (χ3n) is 1.72. The first-order valence-electron chi connectivity index (χ1n) is 4.99. The summed E-state index contributed by atoms with van der Waals surface area (Å²) in [4.78, 5) is 7.54. The number of benzene rings is 1. The first-order chi connectivity index (χ1) is 7.75. The molecular weight excluding hydrogens is 210 g/mol. The Morgan fingerprint density at radius 1 is 0.812 bits per heavy atom. The first kappa shape index (κ1) is 12.2. The molecule has 0 aliphatic rings. The van der Waals surface area contributed by atoms with E-state index in [9.17, 15) is 8.78 Å². The fraction of sp³-hybridized carbons (Fsp3) is 0.167. The lowest BCUT2D eigenvalue weighted by Gasteiger charge is -1.98. The summed E-state index contributed by atoms with van der Waals surface area (Å²) < 4.78 is 25.0. The average molecular weight is 222 g/mol. The van der Waals surface area contributed by atoms with Crippen LogP contribution >= 0.6 is 0 Å². The zero-order chi connectivity index (χ0) is 12.0. The van der Waals surface area contributed by atoms with Gasteiger partial charge in [0.05, 0.1) is 12.4 Å². The van der Waals surface area contributed by atoms with Gasteiger partial charge in [-0.25, -0.2) is 18.7 Å². The van der Waals surface area contributed by atoms with Gasteiger partial charge in [0.2, 0.25) is 0 Å². The van der Waals surface area contributed by atoms with Crippen LogP contribution in [-0.4, -0.2) is 9.97 Å². The summed E-state index contributed by atoms with van der Waals surface area (Å²) in [7, 11) is 0. The quantitative estimate of drug-likeness (QED) is 0.738. The lowest BCUT2D eigenvalue weighted by molar-refractivity contribution is 0.614. The molecule has 0 radical (unpaired) electrons. The molecule has 2 nitrogen and oxygen atoms in total. The molecule has 0 atom stereocenters. The van der Waals surface area contributed by atoms with Gasteiger partial charge in [0.15, 0.2) is 11.6 Å². The van der Waals surface area contributed by atoms with E-state index in [1.165, 1.54) is 12.1 Å². The van der Waals surface area contributed by atoms with Crippen molar-refractivity contribution >= 4 is 0 Å². The van der Waals surface area contributed by atoms with E-state index >= 15 is 0 Å². The highest BCUT2D eigenvalue weighted by atomic mass is 19.1. The number of halogens is 2. The maximum Gasteiger partial charge on any atom is 0.159 e. The van der Waals surface area contributed by atoms with Gasteiger partial charge in [0, 0.05) is 5.56 Å². The van der Waals surface area contributed by atoms with Crippen molar-refractivity contribution in [1.82, 2.24) is 9.97 Å². The molecule has 4 heteroatoms. The van der Waals surface area contributed by atoms with Crippen LogP contribution in [0.4, 0.5) is 8.78 Å². The molecule has 0 saturated carbocycles. The van der Waals surface area contributed by atoms with Crippen molar-refractivity contribution in [1.29, 1.82) is 0 Å². The van der Waals surface area contributed by atoms with Gasteiger partial charge >= 0.3 is 0 Å². The van der Waals surface area contributed by atoms with Crippen LogP contribution in [-0.2, 0) is 0 Å². The van der Waals surface area contributed by atoms with Crippen molar-refractivity contribution < 1.29 is 8.78 Å². The second kappa shape index (κ2) is 5.90. The second-order valence-electron chi connectivity index (χ2n) is 2.73. The second-order valence-corrected chi connectivity index (χ2v) is 2.73. The van der Waals surface area contributed by atoms with E-state index < -0.39 is 5.82 Å². The molecular formula is C12H12F2N2. The Bertz CT molecular complexity index is 380. The van der Waals surface area contributed by atoms with E-state index in [0.717, 1.165) is 12.4 Å². The van der Waals surface area contributed by atoms with Crippen LogP contribution in [0, 0.1) is 11.6 Å². The van der Waals surface area contributed by atoms with Gasteiger partial charge < -0.3 is 0 Å². The Morgan fingerprint density at radius 2 is 1.31 bits per heavy atom. The zero-order valence-electron chi connectivity index (χ0n) is 9.11. The predicted octanol–water partition coefficient (Wildman–Crippen LogP) is 3.45. The summed E-state index contributed by atoms with van der Waals surface area (Å²) in [6.45, 7) is 4.00. The smallest absolute Gasteiger partial charge is 0.159 e. The third-order valence-corrected chi connectivity index (χ3v) is 1.72. The van der Waals surface area contributed by atoms with Crippen molar-refractivity contribution in [2.45, 2.75) is 13.8 Å². The molecule has 2 rings (SSSR count). The van der Waals surface area contributed by atoms with Gasteiger partial charge in [-0.3, -0.25) is 0 Å². The van der Waals surface area contributed by atoms with E-state index in [2.05, 4.69) is 9.97 Å². The minimum Gasteiger partial charge on any atom is -0.233 e. The van der Waals surface area contributed by atoms with Gasteiger partial charge in [-0.05, 0) is 24.3 Å². The van der Waals surface area contributed by atoms with Crippen LogP contribution in [0.25, 0.3) is 11.4 Å². The van der Waals surface area contributed by atoms with E-state index in [0.29, 0.717) is 11.4 Å². The van der Waals surface area contributed by atoms with E-state index in [4.69, 9.17) is 0 Å².